The second kappa shape index (κ2) is 8.05. The summed E-state index contributed by atoms with van der Waals surface area (Å²) >= 11 is 0. The van der Waals surface area contributed by atoms with Crippen molar-refractivity contribution in [1.82, 2.24) is 0 Å². The van der Waals surface area contributed by atoms with E-state index in [-0.39, 0.29) is 5.57 Å². The molecule has 0 bridgehead atoms. The van der Waals surface area contributed by atoms with E-state index in [2.05, 4.69) is 6.58 Å². The van der Waals surface area contributed by atoms with E-state index >= 15 is 0 Å². The SMILES string of the molecule is C=CCN.CC(=CCC(F)(F)F)C(=O)O. The molecular formula is C9H14F3NO2. The quantitative estimate of drug-likeness (QED) is 0.571. The first kappa shape index (κ1) is 16.1. The van der Waals surface area contributed by atoms with Gasteiger partial charge in [0.1, 0.15) is 0 Å². The number of carbonyl (C=O) groups is 1. The number of hydrogen-bond donors (Lipinski definition) is 2. The fourth-order valence-electron chi connectivity index (χ4n) is 0.356. The Hall–Kier alpha value is -1.30. The van der Waals surface area contributed by atoms with E-state index in [1.165, 1.54) is 0 Å². The van der Waals surface area contributed by atoms with E-state index < -0.39 is 18.6 Å². The number of hydrogen-bond acceptors (Lipinski definition) is 2. The first-order valence-corrected chi connectivity index (χ1v) is 4.02. The molecule has 0 unspecified atom stereocenters. The molecule has 0 aromatic carbocycles. The first-order valence-electron chi connectivity index (χ1n) is 4.02. The van der Waals surface area contributed by atoms with Crippen molar-refractivity contribution in [1.29, 1.82) is 0 Å². The molecule has 0 aromatic heterocycles. The molecule has 0 saturated carbocycles. The summed E-state index contributed by atoms with van der Waals surface area (Å²) in [6.07, 6.45) is -3.22. The highest BCUT2D eigenvalue weighted by Gasteiger charge is 2.25. The molecule has 0 saturated heterocycles. The molecular weight excluding hydrogens is 211 g/mol. The maximum atomic E-state index is 11.4. The number of nitrogens with two attached hydrogens (primary N) is 1. The smallest absolute Gasteiger partial charge is 0.392 e. The second-order valence-corrected chi connectivity index (χ2v) is 2.54. The van der Waals surface area contributed by atoms with Crippen molar-refractivity contribution >= 4 is 5.97 Å². The normalized spacial score (nSPS) is 11.4. The fourth-order valence-corrected chi connectivity index (χ4v) is 0.356. The molecule has 0 atom stereocenters. The van der Waals surface area contributed by atoms with Crippen LogP contribution in [0, 0.1) is 0 Å². The zero-order valence-corrected chi connectivity index (χ0v) is 8.34. The van der Waals surface area contributed by atoms with Gasteiger partial charge in [0, 0.05) is 12.1 Å². The Morgan fingerprint density at radius 1 is 1.53 bits per heavy atom. The molecule has 3 nitrogen and oxygen atoms in total. The predicted octanol–water partition coefficient (Wildman–Crippen LogP) is 2.10. The topological polar surface area (TPSA) is 63.3 Å². The maximum absolute atomic E-state index is 11.4. The van der Waals surface area contributed by atoms with Gasteiger partial charge in [0.25, 0.3) is 0 Å². The lowest BCUT2D eigenvalue weighted by Gasteiger charge is -2.00. The van der Waals surface area contributed by atoms with E-state index in [1.54, 1.807) is 6.08 Å². The van der Waals surface area contributed by atoms with Crippen molar-refractivity contribution in [3.8, 4) is 0 Å². The van der Waals surface area contributed by atoms with Crippen LogP contribution in [-0.4, -0.2) is 23.8 Å². The molecule has 88 valence electrons. The Morgan fingerprint density at radius 2 is 1.93 bits per heavy atom. The molecule has 3 N–H and O–H groups in total. The molecule has 15 heavy (non-hydrogen) atoms. The monoisotopic (exact) mass is 225 g/mol. The van der Waals surface area contributed by atoms with Gasteiger partial charge < -0.3 is 10.8 Å². The Bertz CT molecular complexity index is 234. The minimum atomic E-state index is -4.32. The largest absolute Gasteiger partial charge is 0.478 e. The predicted molar refractivity (Wildman–Crippen MR) is 51.3 cm³/mol. The third-order valence-corrected chi connectivity index (χ3v) is 1.14. The van der Waals surface area contributed by atoms with Crippen LogP contribution in [0.1, 0.15) is 13.3 Å². The van der Waals surface area contributed by atoms with E-state index in [9.17, 15) is 18.0 Å². The number of alkyl halides is 3. The van der Waals surface area contributed by atoms with Crippen molar-refractivity contribution in [3.63, 3.8) is 0 Å². The Balaban J connectivity index is 0. The molecule has 0 rings (SSSR count). The zero-order valence-electron chi connectivity index (χ0n) is 8.34. The number of carboxylic acid groups (broad SMARTS) is 1. The summed E-state index contributed by atoms with van der Waals surface area (Å²) in [4.78, 5) is 9.98. The molecule has 0 spiro atoms. The molecule has 0 aliphatic heterocycles. The summed E-state index contributed by atoms with van der Waals surface area (Å²) in [6, 6.07) is 0. The van der Waals surface area contributed by atoms with E-state index in [0.29, 0.717) is 12.6 Å². The van der Waals surface area contributed by atoms with Crippen LogP contribution in [0.2, 0.25) is 0 Å². The molecule has 0 aliphatic rings. The minimum Gasteiger partial charge on any atom is -0.478 e. The van der Waals surface area contributed by atoms with Crippen LogP contribution in [0.15, 0.2) is 24.3 Å². The summed E-state index contributed by atoms with van der Waals surface area (Å²) in [6.45, 7) is 5.06. The van der Waals surface area contributed by atoms with Gasteiger partial charge in [-0.1, -0.05) is 12.2 Å². The van der Waals surface area contributed by atoms with Gasteiger partial charge >= 0.3 is 12.1 Å². The Kier molecular flexibility index (Phi) is 8.66. The van der Waals surface area contributed by atoms with Crippen molar-refractivity contribution in [2.75, 3.05) is 6.54 Å². The van der Waals surface area contributed by atoms with Crippen LogP contribution in [0.4, 0.5) is 13.2 Å². The van der Waals surface area contributed by atoms with Gasteiger partial charge in [0.15, 0.2) is 0 Å². The number of allylic oxidation sites excluding steroid dienone is 1. The van der Waals surface area contributed by atoms with Gasteiger partial charge in [0.2, 0.25) is 0 Å². The van der Waals surface area contributed by atoms with Crippen molar-refractivity contribution < 1.29 is 23.1 Å². The van der Waals surface area contributed by atoms with E-state index in [0.717, 1.165) is 6.92 Å². The van der Waals surface area contributed by atoms with Crippen LogP contribution in [0.3, 0.4) is 0 Å². The third-order valence-electron chi connectivity index (χ3n) is 1.14. The van der Waals surface area contributed by atoms with Crippen LogP contribution < -0.4 is 5.73 Å². The summed E-state index contributed by atoms with van der Waals surface area (Å²) < 4.78 is 34.3. The van der Waals surface area contributed by atoms with Crippen molar-refractivity contribution in [3.05, 3.63) is 24.3 Å². The Morgan fingerprint density at radius 3 is 2.13 bits per heavy atom. The first-order chi connectivity index (χ1) is 6.74. The number of aliphatic carboxylic acids is 1. The third kappa shape index (κ3) is 15.5. The molecule has 0 fully saturated rings. The lowest BCUT2D eigenvalue weighted by Crippen LogP contribution is -2.06. The van der Waals surface area contributed by atoms with E-state index in [4.69, 9.17) is 10.8 Å². The summed E-state index contributed by atoms with van der Waals surface area (Å²) in [5, 5.41) is 8.14. The van der Waals surface area contributed by atoms with Crippen LogP contribution in [0.25, 0.3) is 0 Å². The van der Waals surface area contributed by atoms with Gasteiger partial charge in [-0.25, -0.2) is 4.79 Å². The van der Waals surface area contributed by atoms with Gasteiger partial charge in [-0.05, 0) is 6.92 Å². The van der Waals surface area contributed by atoms with Crippen molar-refractivity contribution in [2.45, 2.75) is 19.5 Å². The molecule has 0 aromatic rings. The standard InChI is InChI=1S/C6H7F3O2.C3H7N/c1-4(5(10)11)2-3-6(7,8)9;1-2-3-4/h2H,3H2,1H3,(H,10,11);2H,1,3-4H2. The number of carboxylic acids is 1. The highest BCUT2D eigenvalue weighted by atomic mass is 19.4. The fraction of sp³-hybridized carbons (Fsp3) is 0.444. The number of halogens is 3. The zero-order chi connectivity index (χ0) is 12.5. The summed E-state index contributed by atoms with van der Waals surface area (Å²) in [5.74, 6) is -1.32. The number of rotatable bonds is 3. The summed E-state index contributed by atoms with van der Waals surface area (Å²) in [7, 11) is 0. The molecule has 0 aliphatic carbocycles. The van der Waals surface area contributed by atoms with Gasteiger partial charge in [0.05, 0.1) is 6.42 Å². The average Bonchev–Trinajstić information content (AvgIpc) is 2.13. The molecule has 0 amide bonds. The Labute approximate surface area is 86.1 Å². The van der Waals surface area contributed by atoms with Crippen LogP contribution in [0.5, 0.6) is 0 Å². The van der Waals surface area contributed by atoms with Crippen molar-refractivity contribution in [2.24, 2.45) is 5.73 Å². The summed E-state index contributed by atoms with van der Waals surface area (Å²) in [5.41, 5.74) is 4.62. The lowest BCUT2D eigenvalue weighted by atomic mass is 10.2. The molecule has 6 heteroatoms. The molecule has 0 radical (unpaired) electrons. The maximum Gasteiger partial charge on any atom is 0.392 e. The van der Waals surface area contributed by atoms with Gasteiger partial charge in [-0.15, -0.1) is 6.58 Å². The molecule has 0 heterocycles. The van der Waals surface area contributed by atoms with Crippen LogP contribution in [-0.2, 0) is 4.79 Å². The highest BCUT2D eigenvalue weighted by molar-refractivity contribution is 5.85. The lowest BCUT2D eigenvalue weighted by molar-refractivity contribution is -0.132. The van der Waals surface area contributed by atoms with Gasteiger partial charge in [-0.2, -0.15) is 13.2 Å². The minimum absolute atomic E-state index is 0.290. The average molecular weight is 225 g/mol. The van der Waals surface area contributed by atoms with Crippen LogP contribution >= 0.6 is 0 Å². The van der Waals surface area contributed by atoms with E-state index in [1.807, 2.05) is 0 Å². The highest BCUT2D eigenvalue weighted by Crippen LogP contribution is 2.20. The second-order valence-electron chi connectivity index (χ2n) is 2.54. The van der Waals surface area contributed by atoms with Gasteiger partial charge in [-0.3, -0.25) is 0 Å².